The number of urea groups is 1. The summed E-state index contributed by atoms with van der Waals surface area (Å²) in [7, 11) is -3.05. The second-order valence-corrected chi connectivity index (χ2v) is 7.39. The maximum absolute atomic E-state index is 12.2. The fourth-order valence-electron chi connectivity index (χ4n) is 1.92. The molecular weight excluding hydrogens is 272 g/mol. The third kappa shape index (κ3) is 5.06. The van der Waals surface area contributed by atoms with E-state index in [4.69, 9.17) is 5.11 Å². The van der Waals surface area contributed by atoms with Crippen molar-refractivity contribution in [3.63, 3.8) is 0 Å². The molecule has 0 atom stereocenters. The first-order valence-corrected chi connectivity index (χ1v) is 7.99. The smallest absolute Gasteiger partial charge is 0.323 e. The number of nitrogens with zero attached hydrogens (tertiary/aromatic N) is 2. The first-order chi connectivity index (χ1) is 8.71. The Hall–Kier alpha value is -1.31. The molecule has 2 amide bonds. The van der Waals surface area contributed by atoms with Gasteiger partial charge in [0, 0.05) is 19.6 Å². The summed E-state index contributed by atoms with van der Waals surface area (Å²) in [6.45, 7) is 4.03. The van der Waals surface area contributed by atoms with E-state index < -0.39 is 21.8 Å². The van der Waals surface area contributed by atoms with Crippen LogP contribution in [-0.2, 0) is 14.6 Å². The number of rotatable bonds is 4. The molecule has 1 aliphatic heterocycles. The van der Waals surface area contributed by atoms with Crippen molar-refractivity contribution in [2.75, 3.05) is 37.7 Å². The summed E-state index contributed by atoms with van der Waals surface area (Å²) in [6, 6.07) is -0.397. The van der Waals surface area contributed by atoms with E-state index in [0.717, 1.165) is 0 Å². The fourth-order valence-corrected chi connectivity index (χ4v) is 3.12. The molecule has 0 bridgehead atoms. The predicted molar refractivity (Wildman–Crippen MR) is 69.7 cm³/mol. The molecule has 19 heavy (non-hydrogen) atoms. The number of carboxylic acid groups (broad SMARTS) is 1. The average molecular weight is 292 g/mol. The number of aliphatic carboxylic acids is 1. The van der Waals surface area contributed by atoms with Crippen LogP contribution in [0.3, 0.4) is 0 Å². The van der Waals surface area contributed by atoms with Gasteiger partial charge in [-0.15, -0.1) is 0 Å². The highest BCUT2D eigenvalue weighted by Gasteiger charge is 2.29. The van der Waals surface area contributed by atoms with Crippen molar-refractivity contribution < 1.29 is 23.1 Å². The summed E-state index contributed by atoms with van der Waals surface area (Å²) in [5.41, 5.74) is 0. The van der Waals surface area contributed by atoms with Gasteiger partial charge in [-0.1, -0.05) is 13.8 Å². The number of carbonyl (C=O) groups excluding carboxylic acids is 1. The zero-order valence-corrected chi connectivity index (χ0v) is 12.0. The van der Waals surface area contributed by atoms with E-state index in [1.54, 1.807) is 0 Å². The minimum absolute atomic E-state index is 0.0542. The highest BCUT2D eigenvalue weighted by Crippen LogP contribution is 2.09. The Balaban J connectivity index is 2.68. The van der Waals surface area contributed by atoms with Crippen LogP contribution in [0.5, 0.6) is 0 Å². The predicted octanol–water partition coefficient (Wildman–Crippen LogP) is -0.121. The minimum Gasteiger partial charge on any atom is -0.480 e. The molecule has 0 aliphatic carbocycles. The molecule has 1 heterocycles. The van der Waals surface area contributed by atoms with E-state index in [9.17, 15) is 18.0 Å². The second kappa shape index (κ2) is 6.23. The van der Waals surface area contributed by atoms with Crippen LogP contribution in [0.15, 0.2) is 0 Å². The van der Waals surface area contributed by atoms with Gasteiger partial charge < -0.3 is 14.9 Å². The van der Waals surface area contributed by atoms with Gasteiger partial charge in [0.2, 0.25) is 0 Å². The second-order valence-electron chi connectivity index (χ2n) is 5.09. The standard InChI is InChI=1S/C11H20N2O5S/c1-9(2)7-13(8-10(14)15)11(16)12-3-5-19(17,18)6-4-12/h9H,3-8H2,1-2H3,(H,14,15). The summed E-state index contributed by atoms with van der Waals surface area (Å²) in [5, 5.41) is 8.82. The minimum atomic E-state index is -3.05. The van der Waals surface area contributed by atoms with E-state index in [1.807, 2.05) is 13.8 Å². The largest absolute Gasteiger partial charge is 0.480 e. The summed E-state index contributed by atoms with van der Waals surface area (Å²) < 4.78 is 22.6. The lowest BCUT2D eigenvalue weighted by atomic mass is 10.2. The van der Waals surface area contributed by atoms with Crippen LogP contribution >= 0.6 is 0 Å². The highest BCUT2D eigenvalue weighted by atomic mass is 32.2. The molecule has 0 radical (unpaired) electrons. The first-order valence-electron chi connectivity index (χ1n) is 6.17. The van der Waals surface area contributed by atoms with Gasteiger partial charge in [0.15, 0.2) is 9.84 Å². The van der Waals surface area contributed by atoms with Crippen molar-refractivity contribution >= 4 is 21.8 Å². The lowest BCUT2D eigenvalue weighted by Gasteiger charge is -2.32. The van der Waals surface area contributed by atoms with Crippen LogP contribution in [0.2, 0.25) is 0 Å². The molecule has 1 N–H and O–H groups in total. The van der Waals surface area contributed by atoms with E-state index in [1.165, 1.54) is 9.80 Å². The quantitative estimate of drug-likeness (QED) is 0.779. The van der Waals surface area contributed by atoms with Crippen molar-refractivity contribution in [3.05, 3.63) is 0 Å². The van der Waals surface area contributed by atoms with Crippen LogP contribution < -0.4 is 0 Å². The highest BCUT2D eigenvalue weighted by molar-refractivity contribution is 7.91. The summed E-state index contributed by atoms with van der Waals surface area (Å²) in [5.74, 6) is -1.03. The molecule has 0 aromatic carbocycles. The molecule has 1 fully saturated rings. The van der Waals surface area contributed by atoms with Crippen molar-refractivity contribution in [1.82, 2.24) is 9.80 Å². The Morgan fingerprint density at radius 1 is 1.26 bits per heavy atom. The molecule has 0 spiro atoms. The Morgan fingerprint density at radius 3 is 2.21 bits per heavy atom. The van der Waals surface area contributed by atoms with Gasteiger partial charge in [-0.2, -0.15) is 0 Å². The topological polar surface area (TPSA) is 95.0 Å². The van der Waals surface area contributed by atoms with Crippen molar-refractivity contribution in [3.8, 4) is 0 Å². The Kier molecular flexibility index (Phi) is 5.16. The van der Waals surface area contributed by atoms with E-state index in [0.29, 0.717) is 6.54 Å². The summed E-state index contributed by atoms with van der Waals surface area (Å²) >= 11 is 0. The SMILES string of the molecule is CC(C)CN(CC(=O)O)C(=O)N1CCS(=O)(=O)CC1. The Morgan fingerprint density at radius 2 is 1.79 bits per heavy atom. The van der Waals surface area contributed by atoms with E-state index in [-0.39, 0.29) is 37.1 Å². The number of amides is 2. The molecule has 0 aromatic rings. The van der Waals surface area contributed by atoms with Gasteiger partial charge >= 0.3 is 12.0 Å². The van der Waals surface area contributed by atoms with Crippen LogP contribution in [0.25, 0.3) is 0 Å². The number of carboxylic acids is 1. The number of sulfone groups is 1. The van der Waals surface area contributed by atoms with Gasteiger partial charge in [0.05, 0.1) is 11.5 Å². The molecule has 1 rings (SSSR count). The van der Waals surface area contributed by atoms with Gasteiger partial charge in [-0.3, -0.25) is 4.79 Å². The van der Waals surface area contributed by atoms with Crippen LogP contribution in [0.4, 0.5) is 4.79 Å². The van der Waals surface area contributed by atoms with Gasteiger partial charge in [0.25, 0.3) is 0 Å². The molecule has 0 aromatic heterocycles. The van der Waals surface area contributed by atoms with Crippen LogP contribution in [0, 0.1) is 5.92 Å². The number of hydrogen-bond donors (Lipinski definition) is 1. The average Bonchev–Trinajstić information content (AvgIpc) is 2.26. The molecule has 110 valence electrons. The van der Waals surface area contributed by atoms with E-state index >= 15 is 0 Å². The molecular formula is C11H20N2O5S. The maximum Gasteiger partial charge on any atom is 0.323 e. The van der Waals surface area contributed by atoms with Crippen molar-refractivity contribution in [2.45, 2.75) is 13.8 Å². The lowest BCUT2D eigenvalue weighted by Crippen LogP contribution is -2.51. The van der Waals surface area contributed by atoms with Crippen LogP contribution in [-0.4, -0.2) is 73.0 Å². The molecule has 0 unspecified atom stereocenters. The molecule has 8 heteroatoms. The van der Waals surface area contributed by atoms with Crippen molar-refractivity contribution in [1.29, 1.82) is 0 Å². The lowest BCUT2D eigenvalue weighted by molar-refractivity contribution is -0.137. The molecule has 1 aliphatic rings. The Bertz CT molecular complexity index is 432. The van der Waals surface area contributed by atoms with E-state index in [2.05, 4.69) is 0 Å². The fraction of sp³-hybridized carbons (Fsp3) is 0.818. The molecule has 7 nitrogen and oxygen atoms in total. The van der Waals surface area contributed by atoms with Crippen molar-refractivity contribution in [2.24, 2.45) is 5.92 Å². The maximum atomic E-state index is 12.2. The zero-order chi connectivity index (χ0) is 14.6. The van der Waals surface area contributed by atoms with Gasteiger partial charge in [0.1, 0.15) is 6.54 Å². The number of carbonyl (C=O) groups is 2. The monoisotopic (exact) mass is 292 g/mol. The molecule has 1 saturated heterocycles. The number of hydrogen-bond acceptors (Lipinski definition) is 4. The Labute approximate surface area is 113 Å². The first kappa shape index (κ1) is 15.7. The van der Waals surface area contributed by atoms with Crippen LogP contribution in [0.1, 0.15) is 13.8 Å². The van der Waals surface area contributed by atoms with Gasteiger partial charge in [-0.25, -0.2) is 13.2 Å². The zero-order valence-electron chi connectivity index (χ0n) is 11.2. The molecule has 0 saturated carbocycles. The normalized spacial score (nSPS) is 18.4. The third-order valence-corrected chi connectivity index (χ3v) is 4.41. The van der Waals surface area contributed by atoms with Gasteiger partial charge in [-0.05, 0) is 5.92 Å². The summed E-state index contributed by atoms with van der Waals surface area (Å²) in [6.07, 6.45) is 0. The third-order valence-electron chi connectivity index (χ3n) is 2.80. The summed E-state index contributed by atoms with van der Waals surface area (Å²) in [4.78, 5) is 25.6.